The Kier molecular flexibility index (Phi) is 7.31. The number of rotatable bonds is 8. The van der Waals surface area contributed by atoms with Crippen molar-refractivity contribution in [3.63, 3.8) is 0 Å². The second-order valence-electron chi connectivity index (χ2n) is 6.44. The predicted octanol–water partition coefficient (Wildman–Crippen LogP) is 1.33. The zero-order valence-corrected chi connectivity index (χ0v) is 15.0. The van der Waals surface area contributed by atoms with E-state index in [1.165, 1.54) is 19.4 Å². The van der Waals surface area contributed by atoms with Crippen LogP contribution in [0.3, 0.4) is 0 Å². The highest BCUT2D eigenvalue weighted by molar-refractivity contribution is 5.77. The quantitative estimate of drug-likeness (QED) is 0.427. The molecule has 1 atom stereocenters. The molecule has 1 fully saturated rings. The Morgan fingerprint density at radius 2 is 2.25 bits per heavy atom. The maximum Gasteiger partial charge on any atom is 0.250 e. The molecule has 0 amide bonds. The number of nitrogens with zero attached hydrogens (tertiary/aromatic N) is 3. The summed E-state index contributed by atoms with van der Waals surface area (Å²) in [5, 5.41) is 3.18. The lowest BCUT2D eigenvalue weighted by Gasteiger charge is -2.20. The first kappa shape index (κ1) is 18.5. The summed E-state index contributed by atoms with van der Waals surface area (Å²) in [6, 6.07) is 5.92. The second-order valence-corrected chi connectivity index (χ2v) is 6.44. The van der Waals surface area contributed by atoms with Gasteiger partial charge in [-0.3, -0.25) is 14.7 Å². The minimum Gasteiger partial charge on any atom is -0.370 e. The van der Waals surface area contributed by atoms with Gasteiger partial charge in [0, 0.05) is 30.9 Å². The molecule has 0 unspecified atom stereocenters. The summed E-state index contributed by atoms with van der Waals surface area (Å²) < 4.78 is 1.82. The van der Waals surface area contributed by atoms with Crippen LogP contribution in [0, 0.1) is 6.92 Å². The lowest BCUT2D eigenvalue weighted by atomic mass is 10.2. The Hall–Kier alpha value is -1.82. The fraction of sp³-hybridized carbons (Fsp3) is 0.667. The molecule has 0 saturated carbocycles. The molecule has 1 saturated heterocycles. The monoisotopic (exact) mass is 333 g/mol. The number of aliphatic imine (C=N–C) groups is 1. The lowest BCUT2D eigenvalue weighted by molar-refractivity contribution is 0.273. The van der Waals surface area contributed by atoms with Gasteiger partial charge in [-0.1, -0.05) is 13.0 Å². The van der Waals surface area contributed by atoms with Gasteiger partial charge in [-0.15, -0.1) is 0 Å². The normalized spacial score (nSPS) is 18.9. The van der Waals surface area contributed by atoms with Crippen LogP contribution < -0.4 is 16.6 Å². The van der Waals surface area contributed by atoms with E-state index in [4.69, 9.17) is 5.73 Å². The first-order chi connectivity index (χ1) is 11.6. The number of nitrogens with two attached hydrogens (primary N) is 1. The summed E-state index contributed by atoms with van der Waals surface area (Å²) in [5.74, 6) is 0.533. The first-order valence-electron chi connectivity index (χ1n) is 9.06. The molecule has 134 valence electrons. The van der Waals surface area contributed by atoms with Crippen molar-refractivity contribution in [2.45, 2.75) is 52.1 Å². The van der Waals surface area contributed by atoms with E-state index >= 15 is 0 Å². The lowest BCUT2D eigenvalue weighted by Crippen LogP contribution is -2.36. The Labute approximate surface area is 144 Å². The van der Waals surface area contributed by atoms with E-state index in [1.807, 2.05) is 17.6 Å². The number of aromatic nitrogens is 1. The van der Waals surface area contributed by atoms with Gasteiger partial charge in [0.2, 0.25) is 0 Å². The number of aryl methyl sites for hydroxylation is 1. The highest BCUT2D eigenvalue weighted by Crippen LogP contribution is 2.16. The third kappa shape index (κ3) is 5.37. The van der Waals surface area contributed by atoms with Crippen LogP contribution in [0.1, 0.15) is 38.3 Å². The fourth-order valence-corrected chi connectivity index (χ4v) is 3.30. The van der Waals surface area contributed by atoms with E-state index in [-0.39, 0.29) is 5.56 Å². The summed E-state index contributed by atoms with van der Waals surface area (Å²) in [7, 11) is 0. The van der Waals surface area contributed by atoms with E-state index in [0.29, 0.717) is 12.0 Å². The summed E-state index contributed by atoms with van der Waals surface area (Å²) in [6.45, 7) is 8.76. The molecule has 1 aliphatic heterocycles. The van der Waals surface area contributed by atoms with Gasteiger partial charge in [0.25, 0.3) is 5.56 Å². The van der Waals surface area contributed by atoms with Crippen molar-refractivity contribution in [2.75, 3.05) is 26.2 Å². The zero-order valence-electron chi connectivity index (χ0n) is 15.0. The summed E-state index contributed by atoms with van der Waals surface area (Å²) in [5.41, 5.74) is 7.02. The van der Waals surface area contributed by atoms with Crippen LogP contribution >= 0.6 is 0 Å². The number of guanidine groups is 1. The summed E-state index contributed by atoms with van der Waals surface area (Å²) in [6.07, 6.45) is 4.38. The van der Waals surface area contributed by atoms with Crippen LogP contribution in [0.5, 0.6) is 0 Å². The molecule has 1 aliphatic rings. The Morgan fingerprint density at radius 1 is 1.42 bits per heavy atom. The van der Waals surface area contributed by atoms with Gasteiger partial charge in [0.15, 0.2) is 5.96 Å². The van der Waals surface area contributed by atoms with Crippen molar-refractivity contribution in [1.29, 1.82) is 0 Å². The molecular weight excluding hydrogens is 302 g/mol. The van der Waals surface area contributed by atoms with Crippen molar-refractivity contribution >= 4 is 5.96 Å². The first-order valence-corrected chi connectivity index (χ1v) is 9.06. The van der Waals surface area contributed by atoms with Gasteiger partial charge < -0.3 is 15.6 Å². The average molecular weight is 333 g/mol. The molecule has 2 heterocycles. The molecule has 2 rings (SSSR count). The molecule has 24 heavy (non-hydrogen) atoms. The minimum absolute atomic E-state index is 0.0704. The van der Waals surface area contributed by atoms with Gasteiger partial charge in [0.1, 0.15) is 0 Å². The molecule has 6 heteroatoms. The number of likely N-dealkylation sites (tertiary alicyclic amines) is 1. The van der Waals surface area contributed by atoms with Gasteiger partial charge in [0.05, 0.1) is 6.54 Å². The maximum atomic E-state index is 11.8. The third-order valence-corrected chi connectivity index (χ3v) is 4.76. The highest BCUT2D eigenvalue weighted by atomic mass is 16.1. The van der Waals surface area contributed by atoms with Crippen molar-refractivity contribution in [1.82, 2.24) is 14.8 Å². The molecule has 0 aromatic carbocycles. The molecule has 0 aliphatic carbocycles. The van der Waals surface area contributed by atoms with Crippen LogP contribution in [-0.4, -0.2) is 47.6 Å². The fourth-order valence-electron chi connectivity index (χ4n) is 3.30. The Bertz CT molecular complexity index is 595. The molecular formula is C18H31N5O. The zero-order chi connectivity index (χ0) is 17.4. The summed E-state index contributed by atoms with van der Waals surface area (Å²) in [4.78, 5) is 18.7. The summed E-state index contributed by atoms with van der Waals surface area (Å²) >= 11 is 0. The van der Waals surface area contributed by atoms with Crippen molar-refractivity contribution < 1.29 is 0 Å². The van der Waals surface area contributed by atoms with E-state index in [9.17, 15) is 4.79 Å². The largest absolute Gasteiger partial charge is 0.370 e. The number of likely N-dealkylation sites (N-methyl/N-ethyl adjacent to an activating group) is 1. The molecule has 0 bridgehead atoms. The van der Waals surface area contributed by atoms with E-state index in [2.05, 4.69) is 22.1 Å². The maximum absolute atomic E-state index is 11.8. The number of hydrogen-bond donors (Lipinski definition) is 2. The third-order valence-electron chi connectivity index (χ3n) is 4.76. The second kappa shape index (κ2) is 9.47. The number of nitrogens with one attached hydrogen (secondary N) is 1. The minimum atomic E-state index is 0.0704. The molecule has 3 N–H and O–H groups in total. The molecule has 0 radical (unpaired) electrons. The van der Waals surface area contributed by atoms with Crippen molar-refractivity contribution in [2.24, 2.45) is 10.7 Å². The van der Waals surface area contributed by atoms with Gasteiger partial charge >= 0.3 is 0 Å². The van der Waals surface area contributed by atoms with E-state index < -0.39 is 0 Å². The standard InChI is InChI=1S/C18H31N5O/c1-3-22-12-7-9-16(22)14-21-18(19)20-11-4-5-13-23-15(2)8-6-10-17(23)24/h6,8,10,16H,3-5,7,9,11-14H2,1-2H3,(H3,19,20,21)/t16-/m1/s1. The van der Waals surface area contributed by atoms with Crippen LogP contribution in [0.25, 0.3) is 0 Å². The smallest absolute Gasteiger partial charge is 0.250 e. The molecule has 1 aromatic heterocycles. The number of pyridine rings is 1. The van der Waals surface area contributed by atoms with Crippen LogP contribution in [0.2, 0.25) is 0 Å². The van der Waals surface area contributed by atoms with Crippen LogP contribution in [0.15, 0.2) is 28.0 Å². The molecule has 0 spiro atoms. The van der Waals surface area contributed by atoms with Gasteiger partial charge in [-0.25, -0.2) is 0 Å². The van der Waals surface area contributed by atoms with Crippen molar-refractivity contribution in [3.05, 3.63) is 34.2 Å². The topological polar surface area (TPSA) is 75.7 Å². The van der Waals surface area contributed by atoms with E-state index in [0.717, 1.165) is 44.7 Å². The molecule has 6 nitrogen and oxygen atoms in total. The Balaban J connectivity index is 1.65. The van der Waals surface area contributed by atoms with Gasteiger partial charge in [-0.05, 0) is 51.8 Å². The average Bonchev–Trinajstić information content (AvgIpc) is 3.02. The van der Waals surface area contributed by atoms with E-state index in [1.54, 1.807) is 12.1 Å². The van der Waals surface area contributed by atoms with Crippen molar-refractivity contribution in [3.8, 4) is 0 Å². The highest BCUT2D eigenvalue weighted by Gasteiger charge is 2.22. The van der Waals surface area contributed by atoms with Crippen LogP contribution in [0.4, 0.5) is 0 Å². The number of hydrogen-bond acceptors (Lipinski definition) is 3. The molecule has 1 aromatic rings. The predicted molar refractivity (Wildman–Crippen MR) is 99.4 cm³/mol. The van der Waals surface area contributed by atoms with Crippen LogP contribution in [-0.2, 0) is 6.54 Å². The Morgan fingerprint density at radius 3 is 3.00 bits per heavy atom. The van der Waals surface area contributed by atoms with Gasteiger partial charge in [-0.2, -0.15) is 0 Å². The SMILES string of the molecule is CCN1CCC[C@@H]1CN=C(N)NCCCCn1c(C)cccc1=O. The number of unbranched alkanes of at least 4 members (excludes halogenated alkanes) is 1.